The van der Waals surface area contributed by atoms with Gasteiger partial charge in [-0.3, -0.25) is 14.8 Å². The van der Waals surface area contributed by atoms with Gasteiger partial charge in [-0.15, -0.1) is 0 Å². The van der Waals surface area contributed by atoms with Gasteiger partial charge in [0, 0.05) is 30.1 Å². The highest BCUT2D eigenvalue weighted by molar-refractivity contribution is 5.97. The Morgan fingerprint density at radius 1 is 1.00 bits per heavy atom. The van der Waals surface area contributed by atoms with E-state index in [2.05, 4.69) is 9.97 Å². The molecule has 3 aromatic rings. The molecular formula is C20H18N2O2. The number of ether oxygens (including phenoxy) is 1. The van der Waals surface area contributed by atoms with Crippen LogP contribution in [0.3, 0.4) is 0 Å². The molecule has 0 amide bonds. The summed E-state index contributed by atoms with van der Waals surface area (Å²) in [7, 11) is 0. The van der Waals surface area contributed by atoms with E-state index in [4.69, 9.17) is 4.74 Å². The highest BCUT2D eigenvalue weighted by atomic mass is 16.5. The first-order chi connectivity index (χ1) is 11.7. The minimum atomic E-state index is 0.0787. The molecule has 0 aliphatic rings. The van der Waals surface area contributed by atoms with Gasteiger partial charge in [0.1, 0.15) is 12.4 Å². The maximum Gasteiger partial charge on any atom is 0.167 e. The molecule has 2 aromatic heterocycles. The van der Waals surface area contributed by atoms with Crippen LogP contribution in [0.15, 0.2) is 67.0 Å². The van der Waals surface area contributed by atoms with Crippen LogP contribution in [-0.2, 0) is 13.0 Å². The summed E-state index contributed by atoms with van der Waals surface area (Å²) in [6.07, 6.45) is 3.62. The summed E-state index contributed by atoms with van der Waals surface area (Å²) < 4.78 is 5.74. The number of aryl methyl sites for hydroxylation is 1. The molecule has 120 valence electrons. The van der Waals surface area contributed by atoms with Gasteiger partial charge in [-0.25, -0.2) is 0 Å². The predicted molar refractivity (Wildman–Crippen MR) is 92.0 cm³/mol. The number of Topliss-reactive ketones (excluding diaryl/α,β-unsaturated/α-hetero) is 1. The summed E-state index contributed by atoms with van der Waals surface area (Å²) in [5.74, 6) is 0.841. The smallest absolute Gasteiger partial charge is 0.167 e. The Hall–Kier alpha value is -3.01. The van der Waals surface area contributed by atoms with Crippen LogP contribution in [0.1, 0.15) is 27.3 Å². The SMILES string of the molecule is Cc1cccc(COc2ccc(CC(=O)c3ccncc3)cc2)n1. The molecule has 24 heavy (non-hydrogen) atoms. The zero-order valence-electron chi connectivity index (χ0n) is 13.5. The lowest BCUT2D eigenvalue weighted by atomic mass is 10.0. The van der Waals surface area contributed by atoms with Crippen LogP contribution in [0.2, 0.25) is 0 Å². The van der Waals surface area contributed by atoms with Crippen molar-refractivity contribution in [2.45, 2.75) is 20.0 Å². The number of carbonyl (C=O) groups is 1. The number of pyridine rings is 2. The molecule has 0 spiro atoms. The van der Waals surface area contributed by atoms with Crippen molar-refractivity contribution in [3.63, 3.8) is 0 Å². The van der Waals surface area contributed by atoms with Crippen molar-refractivity contribution in [1.29, 1.82) is 0 Å². The van der Waals surface area contributed by atoms with Gasteiger partial charge in [0.2, 0.25) is 0 Å². The zero-order chi connectivity index (χ0) is 16.8. The molecule has 0 N–H and O–H groups in total. The largest absolute Gasteiger partial charge is 0.487 e. The summed E-state index contributed by atoms with van der Waals surface area (Å²) in [6, 6.07) is 16.9. The fraction of sp³-hybridized carbons (Fsp3) is 0.150. The highest BCUT2D eigenvalue weighted by Crippen LogP contribution is 2.15. The summed E-state index contributed by atoms with van der Waals surface area (Å²) in [5, 5.41) is 0. The van der Waals surface area contributed by atoms with Gasteiger partial charge in [0.05, 0.1) is 5.69 Å². The molecular weight excluding hydrogens is 300 g/mol. The predicted octanol–water partition coefficient (Wildman–Crippen LogP) is 3.79. The number of nitrogens with zero attached hydrogens (tertiary/aromatic N) is 2. The Morgan fingerprint density at radius 3 is 2.46 bits per heavy atom. The standard InChI is InChI=1S/C20H18N2O2/c1-15-3-2-4-18(22-15)14-24-19-7-5-16(6-8-19)13-20(23)17-9-11-21-12-10-17/h2-12H,13-14H2,1H3. The molecule has 2 heterocycles. The zero-order valence-corrected chi connectivity index (χ0v) is 13.5. The summed E-state index contributed by atoms with van der Waals surface area (Å²) in [4.78, 5) is 20.5. The average molecular weight is 318 g/mol. The number of carbonyl (C=O) groups excluding carboxylic acids is 1. The van der Waals surface area contributed by atoms with Gasteiger partial charge < -0.3 is 4.74 Å². The first-order valence-corrected chi connectivity index (χ1v) is 7.78. The van der Waals surface area contributed by atoms with E-state index in [0.717, 1.165) is 22.7 Å². The minimum Gasteiger partial charge on any atom is -0.487 e. The Labute approximate surface area is 141 Å². The fourth-order valence-corrected chi connectivity index (χ4v) is 2.37. The van der Waals surface area contributed by atoms with Gasteiger partial charge >= 0.3 is 0 Å². The lowest BCUT2D eigenvalue weighted by Gasteiger charge is -2.07. The maximum atomic E-state index is 12.2. The van der Waals surface area contributed by atoms with Crippen molar-refractivity contribution < 1.29 is 9.53 Å². The van der Waals surface area contributed by atoms with Crippen molar-refractivity contribution in [1.82, 2.24) is 9.97 Å². The van der Waals surface area contributed by atoms with Crippen LogP contribution in [0, 0.1) is 6.92 Å². The molecule has 0 atom stereocenters. The second-order valence-electron chi connectivity index (χ2n) is 5.54. The van der Waals surface area contributed by atoms with Crippen LogP contribution in [0.5, 0.6) is 5.75 Å². The van der Waals surface area contributed by atoms with E-state index in [9.17, 15) is 4.79 Å². The molecule has 3 rings (SSSR count). The van der Waals surface area contributed by atoms with Crippen molar-refractivity contribution in [2.24, 2.45) is 0 Å². The van der Waals surface area contributed by atoms with Crippen LogP contribution in [0.25, 0.3) is 0 Å². The number of benzene rings is 1. The van der Waals surface area contributed by atoms with E-state index in [-0.39, 0.29) is 5.78 Å². The minimum absolute atomic E-state index is 0.0787. The Kier molecular flexibility index (Phi) is 4.96. The second kappa shape index (κ2) is 7.51. The number of ketones is 1. The molecule has 0 saturated carbocycles. The third-order valence-corrected chi connectivity index (χ3v) is 3.62. The van der Waals surface area contributed by atoms with E-state index < -0.39 is 0 Å². The van der Waals surface area contributed by atoms with Crippen molar-refractivity contribution in [2.75, 3.05) is 0 Å². The van der Waals surface area contributed by atoms with Gasteiger partial charge in [0.15, 0.2) is 5.78 Å². The van der Waals surface area contributed by atoms with E-state index >= 15 is 0 Å². The number of rotatable bonds is 6. The van der Waals surface area contributed by atoms with Crippen LogP contribution in [-0.4, -0.2) is 15.8 Å². The number of hydrogen-bond donors (Lipinski definition) is 0. The van der Waals surface area contributed by atoms with E-state index in [0.29, 0.717) is 18.6 Å². The monoisotopic (exact) mass is 318 g/mol. The average Bonchev–Trinajstić information content (AvgIpc) is 2.62. The quantitative estimate of drug-likeness (QED) is 0.649. The van der Waals surface area contributed by atoms with Crippen LogP contribution < -0.4 is 4.74 Å². The van der Waals surface area contributed by atoms with Gasteiger partial charge in [-0.1, -0.05) is 18.2 Å². The molecule has 4 heteroatoms. The number of aromatic nitrogens is 2. The van der Waals surface area contributed by atoms with Crippen LogP contribution in [0.4, 0.5) is 0 Å². The Balaban J connectivity index is 1.58. The topological polar surface area (TPSA) is 52.1 Å². The van der Waals surface area contributed by atoms with E-state index in [1.54, 1.807) is 24.5 Å². The molecule has 0 aliphatic heterocycles. The summed E-state index contributed by atoms with van der Waals surface area (Å²) in [5.41, 5.74) is 3.50. The molecule has 0 aliphatic carbocycles. The maximum absolute atomic E-state index is 12.2. The Morgan fingerprint density at radius 2 is 1.75 bits per heavy atom. The van der Waals surface area contributed by atoms with Gasteiger partial charge in [-0.2, -0.15) is 0 Å². The molecule has 0 radical (unpaired) electrons. The second-order valence-corrected chi connectivity index (χ2v) is 5.54. The fourth-order valence-electron chi connectivity index (χ4n) is 2.37. The third-order valence-electron chi connectivity index (χ3n) is 3.62. The summed E-state index contributed by atoms with van der Waals surface area (Å²) >= 11 is 0. The van der Waals surface area contributed by atoms with Crippen molar-refractivity contribution in [3.05, 3.63) is 89.5 Å². The molecule has 0 bridgehead atoms. The lowest BCUT2D eigenvalue weighted by molar-refractivity contribution is 0.0993. The highest BCUT2D eigenvalue weighted by Gasteiger charge is 2.07. The molecule has 1 aromatic carbocycles. The van der Waals surface area contributed by atoms with Crippen LogP contribution >= 0.6 is 0 Å². The van der Waals surface area contributed by atoms with Crippen molar-refractivity contribution in [3.8, 4) is 5.75 Å². The van der Waals surface area contributed by atoms with E-state index in [1.807, 2.05) is 49.4 Å². The van der Waals surface area contributed by atoms with Gasteiger partial charge in [-0.05, 0) is 48.9 Å². The van der Waals surface area contributed by atoms with Crippen molar-refractivity contribution >= 4 is 5.78 Å². The molecule has 0 unspecified atom stereocenters. The summed E-state index contributed by atoms with van der Waals surface area (Å²) in [6.45, 7) is 2.38. The first-order valence-electron chi connectivity index (χ1n) is 7.78. The molecule has 4 nitrogen and oxygen atoms in total. The number of hydrogen-bond acceptors (Lipinski definition) is 4. The molecule has 0 fully saturated rings. The third kappa shape index (κ3) is 4.26. The lowest BCUT2D eigenvalue weighted by Crippen LogP contribution is -2.03. The van der Waals surface area contributed by atoms with Gasteiger partial charge in [0.25, 0.3) is 0 Å². The first kappa shape index (κ1) is 15.9. The molecule has 0 saturated heterocycles. The van der Waals surface area contributed by atoms with E-state index in [1.165, 1.54) is 0 Å². The normalized spacial score (nSPS) is 10.4. The Bertz CT molecular complexity index is 815.